The van der Waals surface area contributed by atoms with E-state index in [1.54, 1.807) is 0 Å². The summed E-state index contributed by atoms with van der Waals surface area (Å²) in [5.41, 5.74) is 10.8. The maximum atomic E-state index is 2.46. The molecule has 0 saturated carbocycles. The Balaban J connectivity index is 1.11. The Bertz CT molecular complexity index is 3410. The fourth-order valence-corrected chi connectivity index (χ4v) is 10.1. The van der Waals surface area contributed by atoms with Gasteiger partial charge in [-0.2, -0.15) is 0 Å². The lowest BCUT2D eigenvalue weighted by Gasteiger charge is -2.11. The Hall–Kier alpha value is -6.62. The molecular formula is C48H29N3S. The number of benzene rings is 8. The molecule has 12 rings (SSSR count). The molecule has 0 amide bonds. The molecule has 0 N–H and O–H groups in total. The van der Waals surface area contributed by atoms with Gasteiger partial charge in [0.1, 0.15) is 0 Å². The molecule has 0 bridgehead atoms. The first kappa shape index (κ1) is 28.1. The van der Waals surface area contributed by atoms with Crippen LogP contribution >= 0.6 is 11.3 Å². The molecule has 52 heavy (non-hydrogen) atoms. The van der Waals surface area contributed by atoms with Crippen molar-refractivity contribution in [2.24, 2.45) is 0 Å². The van der Waals surface area contributed by atoms with E-state index in [0.717, 1.165) is 5.69 Å². The van der Waals surface area contributed by atoms with Crippen LogP contribution in [0.25, 0.3) is 103 Å². The van der Waals surface area contributed by atoms with E-state index in [4.69, 9.17) is 0 Å². The lowest BCUT2D eigenvalue weighted by molar-refractivity contribution is 1.16. The van der Waals surface area contributed by atoms with Crippen LogP contribution in [0.2, 0.25) is 0 Å². The van der Waals surface area contributed by atoms with E-state index in [9.17, 15) is 0 Å². The molecule has 4 heteroatoms. The van der Waals surface area contributed by atoms with E-state index in [2.05, 4.69) is 190 Å². The van der Waals surface area contributed by atoms with Crippen molar-refractivity contribution < 1.29 is 0 Å². The average molecular weight is 680 g/mol. The minimum atomic E-state index is 1.16. The maximum Gasteiger partial charge on any atom is 0.0555 e. The second-order valence-electron chi connectivity index (χ2n) is 13.7. The number of hydrogen-bond donors (Lipinski definition) is 0. The molecule has 0 aliphatic rings. The summed E-state index contributed by atoms with van der Waals surface area (Å²) < 4.78 is 9.97. The van der Waals surface area contributed by atoms with Crippen LogP contribution in [0.15, 0.2) is 176 Å². The standard InChI is InChI=1S/C48H29N3S/c1-2-12-30(13-3-1)49-40-18-8-4-14-33(40)38-28-31(22-25-43(38)49)50-41-19-9-5-15-34(41)39-29-32(23-26-44(39)50)51-42-20-10-6-17-37(42)47-45(51)27-24-36-35-16-7-11-21-46(35)52-48(36)47/h1-29H. The molecule has 0 atom stereocenters. The van der Waals surface area contributed by atoms with Crippen LogP contribution in [0, 0.1) is 0 Å². The molecule has 0 unspecified atom stereocenters. The highest BCUT2D eigenvalue weighted by Crippen LogP contribution is 2.44. The predicted molar refractivity (Wildman–Crippen MR) is 222 cm³/mol. The molecule has 0 saturated heterocycles. The van der Waals surface area contributed by atoms with E-state index in [1.807, 2.05) is 11.3 Å². The molecular weight excluding hydrogens is 651 g/mol. The van der Waals surface area contributed by atoms with Gasteiger partial charge in [0.25, 0.3) is 0 Å². The number of rotatable bonds is 3. The van der Waals surface area contributed by atoms with Crippen molar-refractivity contribution in [1.82, 2.24) is 13.7 Å². The molecule has 12 aromatic rings. The smallest absolute Gasteiger partial charge is 0.0555 e. The zero-order valence-corrected chi connectivity index (χ0v) is 28.8. The van der Waals surface area contributed by atoms with Crippen LogP contribution in [-0.2, 0) is 0 Å². The zero-order valence-electron chi connectivity index (χ0n) is 28.0. The van der Waals surface area contributed by atoms with Gasteiger partial charge >= 0.3 is 0 Å². The molecule has 4 aromatic heterocycles. The van der Waals surface area contributed by atoms with Gasteiger partial charge in [-0.25, -0.2) is 0 Å². The largest absolute Gasteiger partial charge is 0.309 e. The van der Waals surface area contributed by atoms with Crippen LogP contribution in [0.1, 0.15) is 0 Å². The fourth-order valence-electron chi connectivity index (χ4n) is 8.85. The Morgan fingerprint density at radius 3 is 1.40 bits per heavy atom. The van der Waals surface area contributed by atoms with Crippen molar-refractivity contribution in [3.8, 4) is 17.1 Å². The van der Waals surface area contributed by atoms with Gasteiger partial charge < -0.3 is 13.7 Å². The number of aromatic nitrogens is 3. The first-order valence-corrected chi connectivity index (χ1v) is 18.6. The highest BCUT2D eigenvalue weighted by Gasteiger charge is 2.20. The van der Waals surface area contributed by atoms with Gasteiger partial charge in [-0.15, -0.1) is 11.3 Å². The topological polar surface area (TPSA) is 14.8 Å². The van der Waals surface area contributed by atoms with Crippen LogP contribution in [0.3, 0.4) is 0 Å². The fraction of sp³-hybridized carbons (Fsp3) is 0. The number of thiophene rings is 1. The SMILES string of the molecule is c1ccc(-n2c3ccccc3c3cc(-n4c5ccccc5c5cc(-n6c7ccccc7c7c8sc9ccccc9c8ccc76)ccc54)ccc32)cc1. The highest BCUT2D eigenvalue weighted by atomic mass is 32.1. The van der Waals surface area contributed by atoms with Gasteiger partial charge in [0.15, 0.2) is 0 Å². The van der Waals surface area contributed by atoms with Crippen molar-refractivity contribution in [2.75, 3.05) is 0 Å². The zero-order chi connectivity index (χ0) is 33.9. The predicted octanol–water partition coefficient (Wildman–Crippen LogP) is 13.3. The Labute approximate surface area is 302 Å². The van der Waals surface area contributed by atoms with Crippen molar-refractivity contribution in [2.45, 2.75) is 0 Å². The number of fused-ring (bicyclic) bond motifs is 13. The van der Waals surface area contributed by atoms with E-state index < -0.39 is 0 Å². The summed E-state index contributed by atoms with van der Waals surface area (Å²) in [6, 6.07) is 64.6. The molecule has 4 heterocycles. The van der Waals surface area contributed by atoms with Gasteiger partial charge in [0.2, 0.25) is 0 Å². The highest BCUT2D eigenvalue weighted by molar-refractivity contribution is 7.26. The van der Waals surface area contributed by atoms with Crippen molar-refractivity contribution in [3.05, 3.63) is 176 Å². The van der Waals surface area contributed by atoms with E-state index in [0.29, 0.717) is 0 Å². The monoisotopic (exact) mass is 679 g/mol. The minimum absolute atomic E-state index is 1.16. The molecule has 8 aromatic carbocycles. The van der Waals surface area contributed by atoms with Crippen LogP contribution < -0.4 is 0 Å². The molecule has 0 fully saturated rings. The summed E-state index contributed by atoms with van der Waals surface area (Å²) in [4.78, 5) is 0. The third-order valence-corrected chi connectivity index (χ3v) is 12.2. The third kappa shape index (κ3) is 3.74. The van der Waals surface area contributed by atoms with Crippen molar-refractivity contribution in [3.63, 3.8) is 0 Å². The summed E-state index contributed by atoms with van der Waals surface area (Å²) in [5, 5.41) is 10.3. The molecule has 0 aliphatic heterocycles. The number of hydrogen-bond acceptors (Lipinski definition) is 1. The first-order valence-electron chi connectivity index (χ1n) is 17.8. The second kappa shape index (κ2) is 10.5. The lowest BCUT2D eigenvalue weighted by Crippen LogP contribution is -1.96. The van der Waals surface area contributed by atoms with Gasteiger partial charge in [-0.3, -0.25) is 0 Å². The minimum Gasteiger partial charge on any atom is -0.309 e. The third-order valence-electron chi connectivity index (χ3n) is 11.0. The van der Waals surface area contributed by atoms with Crippen LogP contribution in [-0.4, -0.2) is 13.7 Å². The number of para-hydroxylation sites is 4. The van der Waals surface area contributed by atoms with E-state index in [1.165, 1.54) is 97.0 Å². The van der Waals surface area contributed by atoms with Crippen LogP contribution in [0.4, 0.5) is 0 Å². The van der Waals surface area contributed by atoms with Crippen molar-refractivity contribution in [1.29, 1.82) is 0 Å². The molecule has 242 valence electrons. The molecule has 3 nitrogen and oxygen atoms in total. The number of nitrogens with zero attached hydrogens (tertiary/aromatic N) is 3. The Kier molecular flexibility index (Phi) is 5.65. The van der Waals surface area contributed by atoms with E-state index >= 15 is 0 Å². The first-order chi connectivity index (χ1) is 25.8. The van der Waals surface area contributed by atoms with Gasteiger partial charge in [-0.1, -0.05) is 97.1 Å². The molecule has 0 radical (unpaired) electrons. The maximum absolute atomic E-state index is 2.46. The van der Waals surface area contributed by atoms with Gasteiger partial charge in [0, 0.05) is 69.6 Å². The lowest BCUT2D eigenvalue weighted by atomic mass is 10.1. The van der Waals surface area contributed by atoms with Crippen LogP contribution in [0.5, 0.6) is 0 Å². The Morgan fingerprint density at radius 1 is 0.288 bits per heavy atom. The summed E-state index contributed by atoms with van der Waals surface area (Å²) in [7, 11) is 0. The molecule has 0 aliphatic carbocycles. The summed E-state index contributed by atoms with van der Waals surface area (Å²) >= 11 is 1.90. The van der Waals surface area contributed by atoms with Gasteiger partial charge in [0.05, 0.1) is 33.1 Å². The summed E-state index contributed by atoms with van der Waals surface area (Å²) in [6.07, 6.45) is 0. The average Bonchev–Trinajstić information content (AvgIpc) is 3.94. The van der Waals surface area contributed by atoms with Crippen molar-refractivity contribution >= 4 is 96.9 Å². The Morgan fingerprint density at radius 2 is 0.750 bits per heavy atom. The summed E-state index contributed by atoms with van der Waals surface area (Å²) in [6.45, 7) is 0. The van der Waals surface area contributed by atoms with Gasteiger partial charge in [-0.05, 0) is 78.9 Å². The van der Waals surface area contributed by atoms with E-state index in [-0.39, 0.29) is 0 Å². The summed E-state index contributed by atoms with van der Waals surface area (Å²) in [5.74, 6) is 0. The normalized spacial score (nSPS) is 12.2. The quantitative estimate of drug-likeness (QED) is 0.177. The second-order valence-corrected chi connectivity index (χ2v) is 14.8. The molecule has 0 spiro atoms.